The number of nitrogens with one attached hydrogen (secondary N) is 1. The standard InChI is InChI=1S/C15H17FN2S2/c1-2-19-13-7-3-5-10(16)14(13)15-18-12(9-20-15)11-6-4-8-17-11/h3,5,7,9,11,17H,2,4,6,8H2,1H3. The lowest BCUT2D eigenvalue weighted by Crippen LogP contribution is -2.12. The normalized spacial score (nSPS) is 18.6. The maximum absolute atomic E-state index is 14.2. The number of rotatable bonds is 4. The van der Waals surface area contributed by atoms with E-state index in [1.807, 2.05) is 6.07 Å². The van der Waals surface area contributed by atoms with Crippen LogP contribution in [0.1, 0.15) is 31.5 Å². The predicted octanol–water partition coefficient (Wildman–Crippen LogP) is 4.49. The molecule has 1 aromatic carbocycles. The molecular formula is C15H17FN2S2. The molecule has 0 amide bonds. The second-order valence-electron chi connectivity index (χ2n) is 4.77. The van der Waals surface area contributed by atoms with Gasteiger partial charge in [-0.25, -0.2) is 9.37 Å². The Morgan fingerprint density at radius 3 is 3.15 bits per heavy atom. The number of thiazole rings is 1. The van der Waals surface area contributed by atoms with Crippen LogP contribution in [0.3, 0.4) is 0 Å². The van der Waals surface area contributed by atoms with Crippen LogP contribution in [0.4, 0.5) is 4.39 Å². The lowest BCUT2D eigenvalue weighted by Gasteiger charge is -2.08. The Labute approximate surface area is 126 Å². The maximum atomic E-state index is 14.2. The molecule has 0 radical (unpaired) electrons. The van der Waals surface area contributed by atoms with E-state index >= 15 is 0 Å². The summed E-state index contributed by atoms with van der Waals surface area (Å²) in [5.74, 6) is 0.752. The van der Waals surface area contributed by atoms with Gasteiger partial charge in [0.25, 0.3) is 0 Å². The molecule has 1 N–H and O–H groups in total. The van der Waals surface area contributed by atoms with Crippen molar-refractivity contribution in [2.24, 2.45) is 0 Å². The van der Waals surface area contributed by atoms with Crippen LogP contribution in [0, 0.1) is 5.82 Å². The monoisotopic (exact) mass is 308 g/mol. The maximum Gasteiger partial charge on any atom is 0.134 e. The Hall–Kier alpha value is -0.910. The third-order valence-electron chi connectivity index (χ3n) is 3.43. The first-order chi connectivity index (χ1) is 9.79. The highest BCUT2D eigenvalue weighted by Gasteiger charge is 2.21. The van der Waals surface area contributed by atoms with E-state index in [1.165, 1.54) is 23.8 Å². The third kappa shape index (κ3) is 2.75. The average molecular weight is 308 g/mol. The molecule has 1 atom stereocenters. The molecule has 0 bridgehead atoms. The summed E-state index contributed by atoms with van der Waals surface area (Å²) in [6.45, 7) is 3.13. The summed E-state index contributed by atoms with van der Waals surface area (Å²) in [6.07, 6.45) is 2.31. The first-order valence-electron chi connectivity index (χ1n) is 6.90. The fourth-order valence-corrected chi connectivity index (χ4v) is 4.31. The van der Waals surface area contributed by atoms with Crippen LogP contribution in [0.15, 0.2) is 28.5 Å². The fourth-order valence-electron chi connectivity index (χ4n) is 2.49. The first-order valence-corrected chi connectivity index (χ1v) is 8.76. The molecule has 0 aliphatic carbocycles. The van der Waals surface area contributed by atoms with Crippen LogP contribution in [0.5, 0.6) is 0 Å². The Bertz CT molecular complexity index is 591. The van der Waals surface area contributed by atoms with E-state index in [9.17, 15) is 4.39 Å². The Balaban J connectivity index is 1.96. The molecule has 1 saturated heterocycles. The summed E-state index contributed by atoms with van der Waals surface area (Å²) in [5.41, 5.74) is 1.71. The molecule has 20 heavy (non-hydrogen) atoms. The van der Waals surface area contributed by atoms with Crippen LogP contribution < -0.4 is 5.32 Å². The molecule has 0 spiro atoms. The molecule has 1 aromatic heterocycles. The zero-order valence-electron chi connectivity index (χ0n) is 11.4. The van der Waals surface area contributed by atoms with E-state index in [2.05, 4.69) is 22.6 Å². The zero-order valence-corrected chi connectivity index (χ0v) is 13.0. The molecule has 2 heterocycles. The van der Waals surface area contributed by atoms with Crippen molar-refractivity contribution in [2.45, 2.75) is 30.7 Å². The van der Waals surface area contributed by atoms with Crippen LogP contribution in [0.2, 0.25) is 0 Å². The van der Waals surface area contributed by atoms with Crippen molar-refractivity contribution in [1.82, 2.24) is 10.3 Å². The van der Waals surface area contributed by atoms with Gasteiger partial charge in [0.1, 0.15) is 10.8 Å². The number of hydrogen-bond donors (Lipinski definition) is 1. The van der Waals surface area contributed by atoms with E-state index < -0.39 is 0 Å². The summed E-state index contributed by atoms with van der Waals surface area (Å²) in [7, 11) is 0. The number of benzene rings is 1. The van der Waals surface area contributed by atoms with E-state index in [0.29, 0.717) is 11.6 Å². The summed E-state index contributed by atoms with van der Waals surface area (Å²) in [6, 6.07) is 5.60. The number of thioether (sulfide) groups is 1. The fraction of sp³-hybridized carbons (Fsp3) is 0.400. The van der Waals surface area contributed by atoms with E-state index in [4.69, 9.17) is 0 Å². The Morgan fingerprint density at radius 1 is 1.50 bits per heavy atom. The number of aromatic nitrogens is 1. The van der Waals surface area contributed by atoms with Crippen molar-refractivity contribution in [3.63, 3.8) is 0 Å². The number of nitrogens with zero attached hydrogens (tertiary/aromatic N) is 1. The lowest BCUT2D eigenvalue weighted by atomic mass is 10.2. The molecule has 1 aliphatic heterocycles. The summed E-state index contributed by atoms with van der Waals surface area (Å²) in [5, 5.41) is 6.29. The molecule has 1 fully saturated rings. The van der Waals surface area contributed by atoms with Gasteiger partial charge in [-0.15, -0.1) is 23.1 Å². The Morgan fingerprint density at radius 2 is 2.40 bits per heavy atom. The number of hydrogen-bond acceptors (Lipinski definition) is 4. The first kappa shape index (κ1) is 14.0. The van der Waals surface area contributed by atoms with Crippen molar-refractivity contribution in [2.75, 3.05) is 12.3 Å². The van der Waals surface area contributed by atoms with Crippen LogP contribution in [0.25, 0.3) is 10.6 Å². The topological polar surface area (TPSA) is 24.9 Å². The van der Waals surface area contributed by atoms with Crippen molar-refractivity contribution in [3.8, 4) is 10.6 Å². The van der Waals surface area contributed by atoms with Crippen LogP contribution >= 0.6 is 23.1 Å². The smallest absolute Gasteiger partial charge is 0.134 e. The summed E-state index contributed by atoms with van der Waals surface area (Å²) < 4.78 is 14.2. The summed E-state index contributed by atoms with van der Waals surface area (Å²) in [4.78, 5) is 5.65. The Kier molecular flexibility index (Phi) is 4.38. The molecule has 2 nitrogen and oxygen atoms in total. The molecular weight excluding hydrogens is 291 g/mol. The minimum atomic E-state index is -0.177. The van der Waals surface area contributed by atoms with Gasteiger partial charge in [-0.2, -0.15) is 0 Å². The van der Waals surface area contributed by atoms with Crippen molar-refractivity contribution in [3.05, 3.63) is 35.1 Å². The van der Waals surface area contributed by atoms with Gasteiger partial charge in [-0.05, 0) is 37.3 Å². The molecule has 2 aromatic rings. The third-order valence-corrected chi connectivity index (χ3v) is 5.25. The van der Waals surface area contributed by atoms with Gasteiger partial charge in [0, 0.05) is 10.3 Å². The highest BCUT2D eigenvalue weighted by atomic mass is 32.2. The second kappa shape index (κ2) is 6.24. The SMILES string of the molecule is CCSc1cccc(F)c1-c1nc(C2CCCN2)cs1. The minimum absolute atomic E-state index is 0.177. The molecule has 106 valence electrons. The zero-order chi connectivity index (χ0) is 13.9. The van der Waals surface area contributed by atoms with Gasteiger partial charge < -0.3 is 5.32 Å². The predicted molar refractivity (Wildman–Crippen MR) is 83.9 cm³/mol. The van der Waals surface area contributed by atoms with Crippen LogP contribution in [-0.4, -0.2) is 17.3 Å². The van der Waals surface area contributed by atoms with Gasteiger partial charge in [-0.1, -0.05) is 13.0 Å². The van der Waals surface area contributed by atoms with Gasteiger partial charge >= 0.3 is 0 Å². The highest BCUT2D eigenvalue weighted by molar-refractivity contribution is 7.99. The van der Waals surface area contributed by atoms with Gasteiger partial charge in [0.05, 0.1) is 17.3 Å². The van der Waals surface area contributed by atoms with Crippen molar-refractivity contribution in [1.29, 1.82) is 0 Å². The molecule has 1 aliphatic rings. The lowest BCUT2D eigenvalue weighted by molar-refractivity contribution is 0.624. The van der Waals surface area contributed by atoms with E-state index in [1.54, 1.807) is 17.8 Å². The molecule has 5 heteroatoms. The van der Waals surface area contributed by atoms with Gasteiger partial charge in [0.15, 0.2) is 0 Å². The highest BCUT2D eigenvalue weighted by Crippen LogP contribution is 2.37. The molecule has 1 unspecified atom stereocenters. The van der Waals surface area contributed by atoms with E-state index in [0.717, 1.165) is 34.3 Å². The van der Waals surface area contributed by atoms with Crippen molar-refractivity contribution < 1.29 is 4.39 Å². The number of halogens is 1. The quantitative estimate of drug-likeness (QED) is 0.843. The van der Waals surface area contributed by atoms with Gasteiger partial charge in [0.2, 0.25) is 0 Å². The minimum Gasteiger partial charge on any atom is -0.309 e. The average Bonchev–Trinajstić information content (AvgIpc) is 3.10. The van der Waals surface area contributed by atoms with E-state index in [-0.39, 0.29) is 5.82 Å². The molecule has 0 saturated carbocycles. The largest absolute Gasteiger partial charge is 0.309 e. The van der Waals surface area contributed by atoms with Crippen LogP contribution in [-0.2, 0) is 0 Å². The second-order valence-corrected chi connectivity index (χ2v) is 6.94. The molecule has 3 rings (SSSR count). The van der Waals surface area contributed by atoms with Gasteiger partial charge in [-0.3, -0.25) is 0 Å². The van der Waals surface area contributed by atoms with Crippen molar-refractivity contribution >= 4 is 23.1 Å². The summed E-state index contributed by atoms with van der Waals surface area (Å²) >= 11 is 3.20.